The molecule has 0 spiro atoms. The lowest BCUT2D eigenvalue weighted by Gasteiger charge is -2.45. The van der Waals surface area contributed by atoms with Crippen LogP contribution in [0.5, 0.6) is 0 Å². The molecule has 22 nitrogen and oxygen atoms in total. The second-order valence-corrected chi connectivity index (χ2v) is 15.5. The molecule has 0 radical (unpaired) electrons. The summed E-state index contributed by atoms with van der Waals surface area (Å²) >= 11 is 0.439. The largest absolute Gasteiger partial charge is 0.479 e. The Labute approximate surface area is 280 Å². The first kappa shape index (κ1) is 40.5. The summed E-state index contributed by atoms with van der Waals surface area (Å²) < 4.78 is 62.2. The van der Waals surface area contributed by atoms with Crippen LogP contribution in [0.4, 0.5) is 0 Å². The Balaban J connectivity index is 1.73. The van der Waals surface area contributed by atoms with Gasteiger partial charge in [0.05, 0.1) is 12.1 Å². The number of nitrogens with one attached hydrogen (secondary N) is 2. The number of esters is 3. The molecule has 2 fully saturated rings. The molecule has 6 N–H and O–H groups in total. The molecule has 0 aliphatic carbocycles. The summed E-state index contributed by atoms with van der Waals surface area (Å²) in [4.78, 5) is 93.4. The number of rotatable bonds is 14. The molecular weight excluding hydrogens is 728 g/mol. The number of ether oxygens (including phenoxy) is 5. The van der Waals surface area contributed by atoms with Gasteiger partial charge in [-0.2, -0.15) is 0 Å². The van der Waals surface area contributed by atoms with Crippen LogP contribution in [0, 0.1) is 0 Å². The van der Waals surface area contributed by atoms with Crippen molar-refractivity contribution in [2.45, 2.75) is 82.0 Å². The van der Waals surface area contributed by atoms with Crippen molar-refractivity contribution in [1.82, 2.24) is 14.9 Å². The summed E-state index contributed by atoms with van der Waals surface area (Å²) in [7, 11) is -10.5. The van der Waals surface area contributed by atoms with Crippen LogP contribution >= 0.6 is 27.2 Å². The number of aliphatic hydroxyl groups excluding tert-OH is 2. The summed E-state index contributed by atoms with van der Waals surface area (Å²) in [6.07, 6.45) is -9.97. The highest BCUT2D eigenvalue weighted by atomic mass is 32.2. The first-order chi connectivity index (χ1) is 22.7. The molecule has 0 saturated carbocycles. The van der Waals surface area contributed by atoms with Gasteiger partial charge in [0.25, 0.3) is 5.56 Å². The van der Waals surface area contributed by atoms with E-state index in [1.807, 2.05) is 4.98 Å². The number of thioether (sulfide) groups is 1. The zero-order valence-corrected chi connectivity index (χ0v) is 28.7. The number of phosphoric acid groups is 1. The van der Waals surface area contributed by atoms with E-state index < -0.39 is 124 Å². The quantitative estimate of drug-likeness (QED) is 0.0666. The molecule has 0 aromatic carbocycles. The molecule has 25 heteroatoms. The van der Waals surface area contributed by atoms with Crippen molar-refractivity contribution in [1.29, 1.82) is 0 Å². The van der Waals surface area contributed by atoms with E-state index in [1.165, 1.54) is 0 Å². The molecule has 1 aromatic heterocycles. The van der Waals surface area contributed by atoms with E-state index >= 15 is 0 Å². The van der Waals surface area contributed by atoms with Crippen LogP contribution in [0.25, 0.3) is 0 Å². The third kappa shape index (κ3) is 11.5. The van der Waals surface area contributed by atoms with Crippen LogP contribution in [0.3, 0.4) is 0 Å². The molecular formula is C24H35N3O19P2S. The molecule has 2 aliphatic heterocycles. The average molecular weight is 764 g/mol. The van der Waals surface area contributed by atoms with Gasteiger partial charge in [0.15, 0.2) is 18.4 Å². The molecule has 49 heavy (non-hydrogen) atoms. The summed E-state index contributed by atoms with van der Waals surface area (Å²) in [5.41, 5.74) is -4.19. The highest BCUT2D eigenvalue weighted by Crippen LogP contribution is 2.61. The molecule has 11 atom stereocenters. The molecule has 0 bridgehead atoms. The van der Waals surface area contributed by atoms with Gasteiger partial charge < -0.3 is 49.0 Å². The smallest absolute Gasteiger partial charge is 0.463 e. The fourth-order valence-electron chi connectivity index (χ4n) is 4.70. The van der Waals surface area contributed by atoms with Gasteiger partial charge in [-0.1, -0.05) is 0 Å². The van der Waals surface area contributed by atoms with Gasteiger partial charge in [-0.15, -0.1) is 11.8 Å². The molecule has 276 valence electrons. The Hall–Kier alpha value is -2.95. The van der Waals surface area contributed by atoms with Crippen molar-refractivity contribution in [2.75, 3.05) is 18.7 Å². The Kier molecular flexibility index (Phi) is 13.9. The monoisotopic (exact) mass is 763 g/mol. The number of hydrogen-bond donors (Lipinski definition) is 6. The predicted molar refractivity (Wildman–Crippen MR) is 160 cm³/mol. The van der Waals surface area contributed by atoms with Crippen molar-refractivity contribution in [2.24, 2.45) is 0 Å². The zero-order valence-electron chi connectivity index (χ0n) is 26.1. The first-order valence-corrected chi connectivity index (χ1v) is 18.4. The normalized spacial score (nSPS) is 30.7. The maximum Gasteiger partial charge on any atom is 0.479 e. The molecule has 3 heterocycles. The minimum atomic E-state index is -5.43. The van der Waals surface area contributed by atoms with Crippen molar-refractivity contribution < 1.29 is 80.8 Å². The summed E-state index contributed by atoms with van der Waals surface area (Å²) in [6.45, 7) is 2.66. The minimum Gasteiger partial charge on any atom is -0.463 e. The predicted octanol–water partition coefficient (Wildman–Crippen LogP) is -2.18. The number of aliphatic hydroxyl groups is 2. The maximum absolute atomic E-state index is 12.9. The molecule has 1 aromatic rings. The molecule has 3 rings (SSSR count). The van der Waals surface area contributed by atoms with Crippen LogP contribution in [0.15, 0.2) is 21.9 Å². The van der Waals surface area contributed by atoms with Gasteiger partial charge in [0, 0.05) is 40.0 Å². The Bertz CT molecular complexity index is 1600. The Morgan fingerprint density at radius 2 is 1.57 bits per heavy atom. The first-order valence-electron chi connectivity index (χ1n) is 14.0. The van der Waals surface area contributed by atoms with E-state index in [4.69, 9.17) is 28.2 Å². The summed E-state index contributed by atoms with van der Waals surface area (Å²) in [5, 5.41) is 23.1. The van der Waals surface area contributed by atoms with Gasteiger partial charge in [-0.25, -0.2) is 13.7 Å². The van der Waals surface area contributed by atoms with Crippen LogP contribution in [0.2, 0.25) is 0 Å². The summed E-state index contributed by atoms with van der Waals surface area (Å²) in [5.74, 6) is -3.20. The van der Waals surface area contributed by atoms with E-state index in [0.717, 1.165) is 44.5 Å². The highest BCUT2D eigenvalue weighted by Gasteiger charge is 2.52. The average Bonchev–Trinajstić information content (AvgIpc) is 3.24. The fraction of sp³-hybridized carbons (Fsp3) is 0.667. The van der Waals surface area contributed by atoms with Gasteiger partial charge in [0.2, 0.25) is 5.91 Å². The molecule has 2 saturated heterocycles. The maximum atomic E-state index is 12.9. The Morgan fingerprint density at radius 3 is 2.14 bits per heavy atom. The standard InChI is InChI=1S/C24H35N3O19P2S/c1-10(28)25-17-21(43-13(4)31)20(42-12(3)30)15(7-40-11(2)29)45-23(17)49-9-47(36,37)46-48(38,39)41-8-14-18(33)19(34)22(44-14)27-6-5-16(32)26-24(27)35/h5-6,14-15,17-23,33-34H,7-9H2,1-4H3,(H,25,28)(H,36,37)(H,38,39)(H,26,32,35)/t14-,15-,17-,18-,19-,20-,21-,22-,23+/m1/s1. The zero-order chi connectivity index (χ0) is 36.8. The second kappa shape index (κ2) is 16.8. The number of nitrogens with zero attached hydrogens (tertiary/aromatic N) is 1. The fourth-order valence-corrected chi connectivity index (χ4v) is 9.12. The minimum absolute atomic E-state index is 0.439. The van der Waals surface area contributed by atoms with E-state index in [2.05, 4.69) is 9.63 Å². The molecule has 1 amide bonds. The van der Waals surface area contributed by atoms with Gasteiger partial charge in [-0.05, 0) is 0 Å². The SMILES string of the molecule is CC(=O)N[C@@H]1[C@@H](OC(C)=O)[C@H](OC(C)=O)[C@@H](COC(C)=O)O[C@H]1SCP(=O)(O)OP(=O)(O)OC[C@H]1O[C@@H](n2ccc(=O)[nH]c2=O)[C@H](O)[C@@H]1O. The number of H-pyrrole nitrogens is 1. The van der Waals surface area contributed by atoms with E-state index in [9.17, 15) is 57.9 Å². The van der Waals surface area contributed by atoms with Crippen molar-refractivity contribution in [3.8, 4) is 0 Å². The number of carbonyl (C=O) groups excluding carboxylic acids is 4. The van der Waals surface area contributed by atoms with Gasteiger partial charge in [0.1, 0.15) is 42.5 Å². The number of carbonyl (C=O) groups is 4. The third-order valence-corrected chi connectivity index (χ3v) is 11.5. The number of aromatic nitrogens is 2. The lowest BCUT2D eigenvalue weighted by Crippen LogP contribution is -2.65. The highest BCUT2D eigenvalue weighted by molar-refractivity contribution is 8.05. The van der Waals surface area contributed by atoms with Crippen LogP contribution < -0.4 is 16.6 Å². The topological polar surface area (TPSA) is 315 Å². The van der Waals surface area contributed by atoms with Crippen LogP contribution in [0.1, 0.15) is 33.9 Å². The van der Waals surface area contributed by atoms with E-state index in [1.54, 1.807) is 0 Å². The van der Waals surface area contributed by atoms with Crippen molar-refractivity contribution in [3.05, 3.63) is 33.1 Å². The molecule has 2 aliphatic rings. The lowest BCUT2D eigenvalue weighted by atomic mass is 9.97. The Morgan fingerprint density at radius 1 is 0.939 bits per heavy atom. The lowest BCUT2D eigenvalue weighted by molar-refractivity contribution is -0.211. The van der Waals surface area contributed by atoms with Crippen molar-refractivity contribution in [3.63, 3.8) is 0 Å². The second-order valence-electron chi connectivity index (χ2n) is 10.6. The number of amides is 1. The van der Waals surface area contributed by atoms with Crippen LogP contribution in [-0.2, 0) is 60.8 Å². The van der Waals surface area contributed by atoms with Gasteiger partial charge >= 0.3 is 39.0 Å². The van der Waals surface area contributed by atoms with Gasteiger partial charge in [-0.3, -0.25) is 42.6 Å². The summed E-state index contributed by atoms with van der Waals surface area (Å²) in [6, 6.07) is -0.428. The van der Waals surface area contributed by atoms with Crippen molar-refractivity contribution >= 4 is 51.0 Å². The number of hydrogen-bond acceptors (Lipinski definition) is 18. The van der Waals surface area contributed by atoms with Crippen LogP contribution in [-0.4, -0.2) is 120 Å². The number of aromatic amines is 1. The van der Waals surface area contributed by atoms with E-state index in [-0.39, 0.29) is 0 Å². The molecule has 2 unspecified atom stereocenters. The third-order valence-electron chi connectivity index (χ3n) is 6.57. The van der Waals surface area contributed by atoms with E-state index in [0.29, 0.717) is 11.8 Å². The number of phosphoric ester groups is 1.